The van der Waals surface area contributed by atoms with E-state index in [0.29, 0.717) is 5.69 Å². The maximum atomic E-state index is 13.1. The van der Waals surface area contributed by atoms with Gasteiger partial charge in [0, 0.05) is 37.7 Å². The second-order valence-corrected chi connectivity index (χ2v) is 8.82. The van der Waals surface area contributed by atoms with Gasteiger partial charge in [0.05, 0.1) is 11.3 Å². The van der Waals surface area contributed by atoms with Gasteiger partial charge in [0.1, 0.15) is 0 Å². The molecule has 35 heavy (non-hydrogen) atoms. The number of aliphatic carboxylic acids is 1. The van der Waals surface area contributed by atoms with Crippen molar-refractivity contribution in [3.05, 3.63) is 89.5 Å². The van der Waals surface area contributed by atoms with E-state index >= 15 is 0 Å². The van der Waals surface area contributed by atoms with E-state index in [1.807, 2.05) is 38.4 Å². The molecule has 7 heteroatoms. The zero-order valence-electron chi connectivity index (χ0n) is 19.7. The van der Waals surface area contributed by atoms with Gasteiger partial charge in [-0.25, -0.2) is 4.79 Å². The summed E-state index contributed by atoms with van der Waals surface area (Å²) in [6, 6.07) is 23.3. The fraction of sp³-hybridized carbons (Fsp3) is 0.179. The molecule has 1 amide bonds. The number of para-hydroxylation sites is 1. The Bertz CT molecular complexity index is 1340. The van der Waals surface area contributed by atoms with Gasteiger partial charge in [-0.05, 0) is 78.6 Å². The Kier molecular flexibility index (Phi) is 5.82. The first kappa shape index (κ1) is 22.4. The van der Waals surface area contributed by atoms with Crippen molar-refractivity contribution >= 4 is 46.4 Å². The summed E-state index contributed by atoms with van der Waals surface area (Å²) in [5.41, 5.74) is 5.71. The van der Waals surface area contributed by atoms with E-state index in [1.165, 1.54) is 5.56 Å². The summed E-state index contributed by atoms with van der Waals surface area (Å²) in [5.74, 6) is -1.68. The van der Waals surface area contributed by atoms with Crippen molar-refractivity contribution in [3.8, 4) is 0 Å². The number of carbonyl (C=O) groups is 2. The third-order valence-corrected chi connectivity index (χ3v) is 6.29. The van der Waals surface area contributed by atoms with Crippen LogP contribution < -0.4 is 14.8 Å². The zero-order chi connectivity index (χ0) is 24.5. The maximum absolute atomic E-state index is 13.1. The van der Waals surface area contributed by atoms with Crippen molar-refractivity contribution in [1.82, 2.24) is 0 Å². The molecule has 0 aliphatic carbocycles. The van der Waals surface area contributed by atoms with Gasteiger partial charge >= 0.3 is 5.97 Å². The largest absolute Gasteiger partial charge is 0.476 e. The summed E-state index contributed by atoms with van der Waals surface area (Å²) in [5, 5.41) is 14.9. The molecular weight excluding hydrogens is 440 g/mol. The Morgan fingerprint density at radius 2 is 1.74 bits per heavy atom. The quantitative estimate of drug-likeness (QED) is 0.551. The van der Waals surface area contributed by atoms with Gasteiger partial charge in [0.25, 0.3) is 5.91 Å². The molecule has 0 bridgehead atoms. The summed E-state index contributed by atoms with van der Waals surface area (Å²) in [6.07, 6.45) is 3.55. The SMILES string of the molecule is CN(C)c1ccc(N2CCCc3cc(/C=C4\C(=O)N(c5ccccc5)N=C4C(=O)O)ccc32)cc1. The Morgan fingerprint density at radius 3 is 2.43 bits per heavy atom. The summed E-state index contributed by atoms with van der Waals surface area (Å²) in [6.45, 7) is 0.926. The minimum atomic E-state index is -1.23. The highest BCUT2D eigenvalue weighted by atomic mass is 16.4. The van der Waals surface area contributed by atoms with Crippen LogP contribution in [0.5, 0.6) is 0 Å². The van der Waals surface area contributed by atoms with Crippen LogP contribution in [-0.4, -0.2) is 43.3 Å². The lowest BCUT2D eigenvalue weighted by Crippen LogP contribution is -2.24. The lowest BCUT2D eigenvalue weighted by atomic mass is 9.97. The monoisotopic (exact) mass is 466 g/mol. The normalized spacial score (nSPS) is 16.3. The van der Waals surface area contributed by atoms with Crippen molar-refractivity contribution in [1.29, 1.82) is 0 Å². The molecule has 1 N–H and O–H groups in total. The van der Waals surface area contributed by atoms with E-state index in [-0.39, 0.29) is 11.3 Å². The highest BCUT2D eigenvalue weighted by molar-refractivity contribution is 6.53. The zero-order valence-corrected chi connectivity index (χ0v) is 19.7. The number of benzene rings is 3. The molecule has 0 radical (unpaired) electrons. The maximum Gasteiger partial charge on any atom is 0.357 e. The molecule has 0 aromatic heterocycles. The molecule has 7 nitrogen and oxygen atoms in total. The summed E-state index contributed by atoms with van der Waals surface area (Å²) >= 11 is 0. The Morgan fingerprint density at radius 1 is 1.00 bits per heavy atom. The second-order valence-electron chi connectivity index (χ2n) is 8.82. The Balaban J connectivity index is 1.47. The van der Waals surface area contributed by atoms with Gasteiger partial charge in [-0.1, -0.05) is 24.3 Å². The smallest absolute Gasteiger partial charge is 0.357 e. The van der Waals surface area contributed by atoms with E-state index < -0.39 is 11.9 Å². The third kappa shape index (κ3) is 4.28. The number of amides is 1. The number of hydrogen-bond acceptors (Lipinski definition) is 5. The van der Waals surface area contributed by atoms with Crippen molar-refractivity contribution in [3.63, 3.8) is 0 Å². The summed E-state index contributed by atoms with van der Waals surface area (Å²) in [4.78, 5) is 29.3. The molecule has 0 fully saturated rings. The molecule has 3 aromatic carbocycles. The lowest BCUT2D eigenvalue weighted by molar-refractivity contribution is -0.129. The summed E-state index contributed by atoms with van der Waals surface area (Å²) in [7, 11) is 4.05. The molecule has 0 atom stereocenters. The van der Waals surface area contributed by atoms with E-state index in [2.05, 4.69) is 39.2 Å². The number of nitrogens with zero attached hydrogens (tertiary/aromatic N) is 4. The predicted octanol–water partition coefficient (Wildman–Crippen LogP) is 4.71. The van der Waals surface area contributed by atoms with Crippen LogP contribution in [0.2, 0.25) is 0 Å². The fourth-order valence-corrected chi connectivity index (χ4v) is 4.52. The van der Waals surface area contributed by atoms with Crippen molar-refractivity contribution < 1.29 is 14.7 Å². The molecule has 0 saturated carbocycles. The van der Waals surface area contributed by atoms with Crippen molar-refractivity contribution in [2.45, 2.75) is 12.8 Å². The minimum Gasteiger partial charge on any atom is -0.476 e. The number of aryl methyl sites for hydroxylation is 1. The number of hydrazone groups is 1. The molecule has 2 aliphatic heterocycles. The van der Waals surface area contributed by atoms with Gasteiger partial charge in [-0.3, -0.25) is 4.79 Å². The molecule has 2 heterocycles. The lowest BCUT2D eigenvalue weighted by Gasteiger charge is -2.32. The van der Waals surface area contributed by atoms with Crippen LogP contribution in [-0.2, 0) is 16.0 Å². The number of carbonyl (C=O) groups excluding carboxylic acids is 1. The standard InChI is InChI=1S/C28H26N4O3/c1-30(2)21-11-13-22(14-12-21)31-16-6-7-20-17-19(10-15-25(20)31)18-24-26(28(34)35)29-32(27(24)33)23-8-4-3-5-9-23/h3-5,8-15,17-18H,6-7,16H2,1-2H3,(H,34,35)/b24-18-. The number of rotatable bonds is 5. The van der Waals surface area contributed by atoms with Crippen LogP contribution in [0.3, 0.4) is 0 Å². The molecule has 0 spiro atoms. The van der Waals surface area contributed by atoms with E-state index in [4.69, 9.17) is 0 Å². The average Bonchev–Trinajstić information content (AvgIpc) is 3.20. The third-order valence-electron chi connectivity index (χ3n) is 6.29. The minimum absolute atomic E-state index is 0.0771. The molecular formula is C28H26N4O3. The van der Waals surface area contributed by atoms with Gasteiger partial charge in [-0.15, -0.1) is 0 Å². The topological polar surface area (TPSA) is 76.5 Å². The first-order valence-electron chi connectivity index (χ1n) is 11.5. The fourth-order valence-electron chi connectivity index (χ4n) is 4.52. The van der Waals surface area contributed by atoms with Crippen LogP contribution >= 0.6 is 0 Å². The van der Waals surface area contributed by atoms with E-state index in [0.717, 1.165) is 47.0 Å². The highest BCUT2D eigenvalue weighted by Gasteiger charge is 2.35. The van der Waals surface area contributed by atoms with Gasteiger partial charge in [0.2, 0.25) is 0 Å². The van der Waals surface area contributed by atoms with Crippen LogP contribution in [0.4, 0.5) is 22.7 Å². The van der Waals surface area contributed by atoms with Crippen LogP contribution in [0.1, 0.15) is 17.5 Å². The first-order chi connectivity index (χ1) is 16.9. The highest BCUT2D eigenvalue weighted by Crippen LogP contribution is 2.35. The van der Waals surface area contributed by atoms with E-state index in [9.17, 15) is 14.7 Å². The Labute approximate surface area is 204 Å². The van der Waals surface area contributed by atoms with Gasteiger partial charge in [-0.2, -0.15) is 10.1 Å². The molecule has 176 valence electrons. The van der Waals surface area contributed by atoms with Crippen molar-refractivity contribution in [2.24, 2.45) is 5.10 Å². The predicted molar refractivity (Wildman–Crippen MR) is 140 cm³/mol. The molecule has 5 rings (SSSR count). The number of carboxylic acids is 1. The second kappa shape index (κ2) is 9.10. The van der Waals surface area contributed by atoms with Crippen LogP contribution in [0.25, 0.3) is 6.08 Å². The number of carboxylic acid groups (broad SMARTS) is 1. The average molecular weight is 467 g/mol. The number of anilines is 4. The molecule has 0 saturated heterocycles. The Hall–Kier alpha value is -4.39. The van der Waals surface area contributed by atoms with Gasteiger partial charge < -0.3 is 14.9 Å². The summed E-state index contributed by atoms with van der Waals surface area (Å²) < 4.78 is 0. The molecule has 0 unspecified atom stereocenters. The molecule has 3 aromatic rings. The van der Waals surface area contributed by atoms with Crippen LogP contribution in [0, 0.1) is 0 Å². The van der Waals surface area contributed by atoms with E-state index in [1.54, 1.807) is 30.3 Å². The van der Waals surface area contributed by atoms with Crippen LogP contribution in [0.15, 0.2) is 83.5 Å². The molecule has 2 aliphatic rings. The van der Waals surface area contributed by atoms with Gasteiger partial charge in [0.15, 0.2) is 5.71 Å². The first-order valence-corrected chi connectivity index (χ1v) is 11.5. The van der Waals surface area contributed by atoms with Crippen molar-refractivity contribution in [2.75, 3.05) is 35.4 Å². The number of fused-ring (bicyclic) bond motifs is 1. The number of hydrogen-bond donors (Lipinski definition) is 1.